The number of nitrogens with one attached hydrogen (secondary N) is 1. The van der Waals surface area contributed by atoms with Crippen LogP contribution in [0.5, 0.6) is 5.75 Å². The molecule has 1 heterocycles. The van der Waals surface area contributed by atoms with Crippen LogP contribution in [0, 0.1) is 5.82 Å². The van der Waals surface area contributed by atoms with Crippen LogP contribution in [-0.2, 0) is 9.59 Å². The molecule has 2 aromatic carbocycles. The SMILES string of the molecule is CCCCOc1ccc(/C=C2\SC(=O)N(CC(=O)Nc3ccc(F)c(Cl)c3)C2=O)cc1. The van der Waals surface area contributed by atoms with Crippen molar-refractivity contribution in [1.29, 1.82) is 0 Å². The lowest BCUT2D eigenvalue weighted by Crippen LogP contribution is -2.36. The first-order valence-corrected chi connectivity index (χ1v) is 10.8. The van der Waals surface area contributed by atoms with E-state index < -0.39 is 29.4 Å². The molecular weight excluding hydrogens is 443 g/mol. The minimum Gasteiger partial charge on any atom is -0.494 e. The second-order valence-corrected chi connectivity index (χ2v) is 8.12. The second-order valence-electron chi connectivity index (χ2n) is 6.72. The fraction of sp³-hybridized carbons (Fsp3) is 0.227. The van der Waals surface area contributed by atoms with Crippen LogP contribution in [0.1, 0.15) is 25.3 Å². The Kier molecular flexibility index (Phi) is 7.70. The first-order valence-electron chi connectivity index (χ1n) is 9.60. The number of carbonyl (C=O) groups is 3. The van der Waals surface area contributed by atoms with Gasteiger partial charge in [-0.25, -0.2) is 4.39 Å². The quantitative estimate of drug-likeness (QED) is 0.423. The molecule has 0 unspecified atom stereocenters. The largest absolute Gasteiger partial charge is 0.494 e. The molecule has 3 rings (SSSR count). The first-order chi connectivity index (χ1) is 14.9. The molecule has 3 amide bonds. The van der Waals surface area contributed by atoms with Crippen LogP contribution in [0.3, 0.4) is 0 Å². The summed E-state index contributed by atoms with van der Waals surface area (Å²) in [5, 5.41) is 1.81. The van der Waals surface area contributed by atoms with Crippen LogP contribution in [0.25, 0.3) is 6.08 Å². The number of carbonyl (C=O) groups excluding carboxylic acids is 3. The summed E-state index contributed by atoms with van der Waals surface area (Å²) >= 11 is 6.45. The number of halogens is 2. The third kappa shape index (κ3) is 6.08. The Morgan fingerprint density at radius 3 is 2.65 bits per heavy atom. The van der Waals surface area contributed by atoms with E-state index in [0.717, 1.165) is 46.9 Å². The number of rotatable bonds is 8. The Morgan fingerprint density at radius 1 is 1.23 bits per heavy atom. The minimum atomic E-state index is -0.615. The molecule has 1 N–H and O–H groups in total. The number of imide groups is 1. The number of nitrogens with zero attached hydrogens (tertiary/aromatic N) is 1. The molecule has 0 atom stereocenters. The van der Waals surface area contributed by atoms with Crippen molar-refractivity contribution in [2.45, 2.75) is 19.8 Å². The molecule has 9 heteroatoms. The Morgan fingerprint density at radius 2 is 1.97 bits per heavy atom. The van der Waals surface area contributed by atoms with Gasteiger partial charge >= 0.3 is 0 Å². The van der Waals surface area contributed by atoms with E-state index >= 15 is 0 Å². The molecule has 1 aliphatic rings. The topological polar surface area (TPSA) is 75.7 Å². The van der Waals surface area contributed by atoms with E-state index in [1.54, 1.807) is 30.3 Å². The third-order valence-corrected chi connectivity index (χ3v) is 5.52. The average molecular weight is 463 g/mol. The lowest BCUT2D eigenvalue weighted by Gasteiger charge is -2.12. The summed E-state index contributed by atoms with van der Waals surface area (Å²) in [7, 11) is 0. The maximum atomic E-state index is 13.2. The molecule has 0 spiro atoms. The second kappa shape index (κ2) is 10.5. The standard InChI is InChI=1S/C22H20ClFN2O4S/c1-2-3-10-30-16-7-4-14(5-8-16)11-19-21(28)26(22(29)31-19)13-20(27)25-15-6-9-18(24)17(23)12-15/h4-9,11-12H,2-3,10,13H2,1H3,(H,25,27)/b19-11-. The molecule has 0 aromatic heterocycles. The lowest BCUT2D eigenvalue weighted by atomic mass is 10.2. The van der Waals surface area contributed by atoms with Crippen LogP contribution < -0.4 is 10.1 Å². The average Bonchev–Trinajstić information content (AvgIpc) is 2.99. The van der Waals surface area contributed by atoms with E-state index in [4.69, 9.17) is 16.3 Å². The summed E-state index contributed by atoms with van der Waals surface area (Å²) in [4.78, 5) is 38.1. The molecule has 1 saturated heterocycles. The summed E-state index contributed by atoms with van der Waals surface area (Å²) in [5.74, 6) is -1.03. The molecule has 6 nitrogen and oxygen atoms in total. The van der Waals surface area contributed by atoms with Crippen LogP contribution in [-0.4, -0.2) is 35.1 Å². The molecule has 0 radical (unpaired) electrons. The highest BCUT2D eigenvalue weighted by Gasteiger charge is 2.36. The summed E-state index contributed by atoms with van der Waals surface area (Å²) in [5.41, 5.74) is 0.999. The molecule has 1 aliphatic heterocycles. The van der Waals surface area contributed by atoms with Gasteiger partial charge in [-0.15, -0.1) is 0 Å². The van der Waals surface area contributed by atoms with E-state index in [2.05, 4.69) is 12.2 Å². The van der Waals surface area contributed by atoms with Gasteiger partial charge in [0.1, 0.15) is 18.1 Å². The van der Waals surface area contributed by atoms with Gasteiger partial charge in [0.25, 0.3) is 11.1 Å². The van der Waals surface area contributed by atoms with Crippen molar-refractivity contribution < 1.29 is 23.5 Å². The van der Waals surface area contributed by atoms with E-state index in [-0.39, 0.29) is 15.6 Å². The van der Waals surface area contributed by atoms with Crippen molar-refractivity contribution in [2.75, 3.05) is 18.5 Å². The van der Waals surface area contributed by atoms with Gasteiger partial charge in [0.05, 0.1) is 16.5 Å². The van der Waals surface area contributed by atoms with Crippen molar-refractivity contribution in [3.8, 4) is 5.75 Å². The predicted octanol–water partition coefficient (Wildman–Crippen LogP) is 5.33. The number of amides is 3. The minimum absolute atomic E-state index is 0.145. The Balaban J connectivity index is 1.62. The van der Waals surface area contributed by atoms with E-state index in [9.17, 15) is 18.8 Å². The van der Waals surface area contributed by atoms with E-state index in [1.807, 2.05) is 0 Å². The Hall–Kier alpha value is -2.84. The van der Waals surface area contributed by atoms with Crippen molar-refractivity contribution in [2.24, 2.45) is 0 Å². The van der Waals surface area contributed by atoms with Gasteiger partial charge in [-0.2, -0.15) is 0 Å². The Labute approximate surface area is 188 Å². The Bertz CT molecular complexity index is 1030. The molecule has 0 bridgehead atoms. The van der Waals surface area contributed by atoms with Crippen LogP contribution in [0.4, 0.5) is 14.9 Å². The number of anilines is 1. The van der Waals surface area contributed by atoms with Gasteiger partial charge in [0.2, 0.25) is 5.91 Å². The maximum Gasteiger partial charge on any atom is 0.294 e. The normalized spacial score (nSPS) is 14.9. The molecule has 31 heavy (non-hydrogen) atoms. The van der Waals surface area contributed by atoms with Crippen molar-refractivity contribution in [3.05, 3.63) is 63.8 Å². The first kappa shape index (κ1) is 22.8. The van der Waals surface area contributed by atoms with Gasteiger partial charge in [-0.3, -0.25) is 19.3 Å². The van der Waals surface area contributed by atoms with Crippen molar-refractivity contribution in [1.82, 2.24) is 4.90 Å². The molecule has 0 aliphatic carbocycles. The molecule has 2 aromatic rings. The van der Waals surface area contributed by atoms with Crippen LogP contribution >= 0.6 is 23.4 Å². The molecule has 1 fully saturated rings. The third-order valence-electron chi connectivity index (χ3n) is 4.32. The van der Waals surface area contributed by atoms with Crippen molar-refractivity contribution in [3.63, 3.8) is 0 Å². The summed E-state index contributed by atoms with van der Waals surface area (Å²) in [6.07, 6.45) is 3.61. The maximum absolute atomic E-state index is 13.2. The van der Waals surface area contributed by atoms with Gasteiger partial charge < -0.3 is 10.1 Å². The highest BCUT2D eigenvalue weighted by Crippen LogP contribution is 2.32. The van der Waals surface area contributed by atoms with Crippen LogP contribution in [0.15, 0.2) is 47.4 Å². The predicted molar refractivity (Wildman–Crippen MR) is 120 cm³/mol. The summed E-state index contributed by atoms with van der Waals surface area (Å²) in [6.45, 7) is 2.27. The monoisotopic (exact) mass is 462 g/mol. The van der Waals surface area contributed by atoms with Crippen LogP contribution in [0.2, 0.25) is 5.02 Å². The zero-order chi connectivity index (χ0) is 22.4. The van der Waals surface area contributed by atoms with Gasteiger partial charge in [0.15, 0.2) is 0 Å². The number of unbranched alkanes of at least 4 members (excludes halogenated alkanes) is 1. The molecule has 0 saturated carbocycles. The van der Waals surface area contributed by atoms with Gasteiger partial charge in [-0.1, -0.05) is 37.1 Å². The van der Waals surface area contributed by atoms with Crippen molar-refractivity contribution >= 4 is 52.2 Å². The number of thioether (sulfide) groups is 1. The zero-order valence-corrected chi connectivity index (χ0v) is 18.3. The highest BCUT2D eigenvalue weighted by atomic mass is 35.5. The number of ether oxygens (including phenoxy) is 1. The molecular formula is C22H20ClFN2O4S. The summed E-state index contributed by atoms with van der Waals surface area (Å²) in [6, 6.07) is 10.9. The zero-order valence-electron chi connectivity index (χ0n) is 16.7. The lowest BCUT2D eigenvalue weighted by molar-refractivity contribution is -0.127. The molecule has 162 valence electrons. The van der Waals surface area contributed by atoms with Gasteiger partial charge in [-0.05, 0) is 60.2 Å². The fourth-order valence-corrected chi connectivity index (χ4v) is 3.72. The van der Waals surface area contributed by atoms with E-state index in [0.29, 0.717) is 6.61 Å². The number of hydrogen-bond donors (Lipinski definition) is 1. The number of benzene rings is 2. The number of hydrogen-bond acceptors (Lipinski definition) is 5. The van der Waals surface area contributed by atoms with Gasteiger partial charge in [0, 0.05) is 5.69 Å². The smallest absolute Gasteiger partial charge is 0.294 e. The summed E-state index contributed by atoms with van der Waals surface area (Å²) < 4.78 is 18.8. The van der Waals surface area contributed by atoms with E-state index in [1.165, 1.54) is 12.1 Å². The fourth-order valence-electron chi connectivity index (χ4n) is 2.70. The highest BCUT2D eigenvalue weighted by molar-refractivity contribution is 8.18.